The zero-order chi connectivity index (χ0) is 14.7. The third-order valence-corrected chi connectivity index (χ3v) is 3.76. The molecule has 2 N–H and O–H groups in total. The minimum absolute atomic E-state index is 0.0838. The Labute approximate surface area is 117 Å². The predicted octanol–water partition coefficient (Wildman–Crippen LogP) is 2.93. The van der Waals surface area contributed by atoms with Crippen LogP contribution in [0.1, 0.15) is 54.4 Å². The van der Waals surface area contributed by atoms with E-state index in [0.29, 0.717) is 12.5 Å². The molecule has 0 aromatic carbocycles. The van der Waals surface area contributed by atoms with Crippen LogP contribution in [0.4, 0.5) is 4.79 Å². The lowest BCUT2D eigenvalue weighted by atomic mass is 9.88. The average molecular weight is 270 g/mol. The highest BCUT2D eigenvalue weighted by Gasteiger charge is 2.32. The molecule has 0 spiro atoms. The maximum absolute atomic E-state index is 11.7. The summed E-state index contributed by atoms with van der Waals surface area (Å²) in [7, 11) is 0. The Morgan fingerprint density at radius 3 is 2.26 bits per heavy atom. The predicted molar refractivity (Wildman–Crippen MR) is 78.2 cm³/mol. The number of carbonyl (C=O) groups is 1. The molecule has 1 aliphatic rings. The minimum Gasteiger partial charge on any atom is -0.444 e. The quantitative estimate of drug-likeness (QED) is 0.780. The van der Waals surface area contributed by atoms with Gasteiger partial charge in [0.2, 0.25) is 0 Å². The highest BCUT2D eigenvalue weighted by atomic mass is 16.6. The molecule has 1 aliphatic carbocycles. The first-order valence-corrected chi connectivity index (χ1v) is 7.34. The van der Waals surface area contributed by atoms with Crippen LogP contribution in [0.25, 0.3) is 0 Å². The first-order valence-electron chi connectivity index (χ1n) is 7.34. The molecule has 19 heavy (non-hydrogen) atoms. The first-order chi connectivity index (χ1) is 8.62. The molecule has 0 aromatic rings. The van der Waals surface area contributed by atoms with Crippen molar-refractivity contribution in [3.05, 3.63) is 0 Å². The fraction of sp³-hybridized carbons (Fsp3) is 0.933. The van der Waals surface area contributed by atoms with Crippen LogP contribution < -0.4 is 10.6 Å². The largest absolute Gasteiger partial charge is 0.444 e. The van der Waals surface area contributed by atoms with Crippen molar-refractivity contribution in [1.82, 2.24) is 10.6 Å². The van der Waals surface area contributed by atoms with Crippen molar-refractivity contribution in [2.75, 3.05) is 13.1 Å². The molecule has 0 heterocycles. The topological polar surface area (TPSA) is 50.4 Å². The molecule has 1 fully saturated rings. The van der Waals surface area contributed by atoms with Gasteiger partial charge in [-0.1, -0.05) is 13.8 Å². The van der Waals surface area contributed by atoms with Crippen molar-refractivity contribution in [2.45, 2.75) is 65.5 Å². The number of hydrogen-bond acceptors (Lipinski definition) is 3. The number of ether oxygens (including phenoxy) is 1. The molecule has 4 nitrogen and oxygen atoms in total. The SMILES string of the molecule is CC(C)C(C)(CNC(=O)OC(C)(C)C)NCC1CC1. The molecular formula is C15H30N2O2. The number of hydrogen-bond donors (Lipinski definition) is 2. The molecule has 0 aliphatic heterocycles. The number of rotatable bonds is 6. The van der Waals surface area contributed by atoms with Crippen molar-refractivity contribution in [1.29, 1.82) is 0 Å². The van der Waals surface area contributed by atoms with Crippen molar-refractivity contribution in [2.24, 2.45) is 11.8 Å². The molecular weight excluding hydrogens is 240 g/mol. The highest BCUT2D eigenvalue weighted by Crippen LogP contribution is 2.29. The summed E-state index contributed by atoms with van der Waals surface area (Å²) in [5.74, 6) is 1.28. The van der Waals surface area contributed by atoms with Gasteiger partial charge in [-0.25, -0.2) is 4.79 Å². The van der Waals surface area contributed by atoms with Gasteiger partial charge < -0.3 is 15.4 Å². The summed E-state index contributed by atoms with van der Waals surface area (Å²) < 4.78 is 5.27. The van der Waals surface area contributed by atoms with Crippen LogP contribution in [0.5, 0.6) is 0 Å². The summed E-state index contributed by atoms with van der Waals surface area (Å²) in [4.78, 5) is 11.7. The Balaban J connectivity index is 2.41. The third-order valence-electron chi connectivity index (χ3n) is 3.76. The Kier molecular flexibility index (Phi) is 5.25. The smallest absolute Gasteiger partial charge is 0.407 e. The van der Waals surface area contributed by atoms with Crippen LogP contribution in [-0.2, 0) is 4.74 Å². The maximum atomic E-state index is 11.7. The second-order valence-electron chi connectivity index (χ2n) is 7.25. The summed E-state index contributed by atoms with van der Waals surface area (Å²) in [6.07, 6.45) is 2.33. The summed E-state index contributed by atoms with van der Waals surface area (Å²) in [6.45, 7) is 13.8. The molecule has 0 bridgehead atoms. The molecule has 1 rings (SSSR count). The molecule has 1 atom stereocenters. The standard InChI is InChI=1S/C15H30N2O2/c1-11(2)15(6,17-9-12-7-8-12)10-16-13(18)19-14(3,4)5/h11-12,17H,7-10H2,1-6H3,(H,16,18). The summed E-state index contributed by atoms with van der Waals surface area (Å²) >= 11 is 0. The van der Waals surface area contributed by atoms with E-state index < -0.39 is 5.60 Å². The van der Waals surface area contributed by atoms with Gasteiger partial charge in [0.25, 0.3) is 0 Å². The summed E-state index contributed by atoms with van der Waals surface area (Å²) in [6, 6.07) is 0. The Morgan fingerprint density at radius 1 is 1.26 bits per heavy atom. The van der Waals surface area contributed by atoms with E-state index in [2.05, 4.69) is 31.4 Å². The lowest BCUT2D eigenvalue weighted by Crippen LogP contribution is -2.55. The number of alkyl carbamates (subject to hydrolysis) is 1. The average Bonchev–Trinajstić information content (AvgIpc) is 3.04. The first kappa shape index (κ1) is 16.3. The number of nitrogens with one attached hydrogen (secondary N) is 2. The maximum Gasteiger partial charge on any atom is 0.407 e. The van der Waals surface area contributed by atoms with Crippen molar-refractivity contribution >= 4 is 6.09 Å². The van der Waals surface area contributed by atoms with Crippen molar-refractivity contribution in [3.8, 4) is 0 Å². The fourth-order valence-electron chi connectivity index (χ4n) is 1.74. The zero-order valence-electron chi connectivity index (χ0n) is 13.3. The summed E-state index contributed by atoms with van der Waals surface area (Å²) in [5, 5.41) is 6.49. The van der Waals surface area contributed by atoms with Crippen LogP contribution in [-0.4, -0.2) is 30.3 Å². The van der Waals surface area contributed by atoms with E-state index in [1.165, 1.54) is 12.8 Å². The van der Waals surface area contributed by atoms with Gasteiger partial charge in [0, 0.05) is 12.1 Å². The van der Waals surface area contributed by atoms with Gasteiger partial charge in [-0.2, -0.15) is 0 Å². The fourth-order valence-corrected chi connectivity index (χ4v) is 1.74. The van der Waals surface area contributed by atoms with E-state index in [0.717, 1.165) is 12.5 Å². The van der Waals surface area contributed by atoms with E-state index in [4.69, 9.17) is 4.74 Å². The van der Waals surface area contributed by atoms with Crippen molar-refractivity contribution < 1.29 is 9.53 Å². The van der Waals surface area contributed by atoms with Gasteiger partial charge in [-0.05, 0) is 58.9 Å². The molecule has 1 unspecified atom stereocenters. The van der Waals surface area contributed by atoms with Crippen LogP contribution in [0.2, 0.25) is 0 Å². The monoisotopic (exact) mass is 270 g/mol. The second-order valence-corrected chi connectivity index (χ2v) is 7.25. The van der Waals surface area contributed by atoms with Crippen molar-refractivity contribution in [3.63, 3.8) is 0 Å². The van der Waals surface area contributed by atoms with Gasteiger partial charge in [-0.3, -0.25) is 0 Å². The second kappa shape index (κ2) is 6.12. The molecule has 1 saturated carbocycles. The van der Waals surface area contributed by atoms with Gasteiger partial charge >= 0.3 is 6.09 Å². The lowest BCUT2D eigenvalue weighted by Gasteiger charge is -2.35. The normalized spacial score (nSPS) is 19.1. The number of amides is 1. The van der Waals surface area contributed by atoms with Gasteiger partial charge in [0.05, 0.1) is 0 Å². The highest BCUT2D eigenvalue weighted by molar-refractivity contribution is 5.67. The van der Waals surface area contributed by atoms with E-state index in [1.54, 1.807) is 0 Å². The van der Waals surface area contributed by atoms with Crippen LogP contribution in [0.3, 0.4) is 0 Å². The zero-order valence-corrected chi connectivity index (χ0v) is 13.3. The van der Waals surface area contributed by atoms with Gasteiger partial charge in [0.15, 0.2) is 0 Å². The van der Waals surface area contributed by atoms with Crippen LogP contribution in [0, 0.1) is 11.8 Å². The molecule has 0 aromatic heterocycles. The Bertz CT molecular complexity index is 306. The third kappa shape index (κ3) is 6.28. The van der Waals surface area contributed by atoms with Crippen LogP contribution >= 0.6 is 0 Å². The molecule has 0 saturated heterocycles. The Morgan fingerprint density at radius 2 is 1.84 bits per heavy atom. The van der Waals surface area contributed by atoms with E-state index in [-0.39, 0.29) is 11.6 Å². The van der Waals surface area contributed by atoms with E-state index >= 15 is 0 Å². The number of carbonyl (C=O) groups excluding carboxylic acids is 1. The molecule has 112 valence electrons. The van der Waals surface area contributed by atoms with Gasteiger partial charge in [0.1, 0.15) is 5.60 Å². The minimum atomic E-state index is -0.445. The van der Waals surface area contributed by atoms with Gasteiger partial charge in [-0.15, -0.1) is 0 Å². The molecule has 0 radical (unpaired) electrons. The van der Waals surface area contributed by atoms with E-state index in [9.17, 15) is 4.79 Å². The molecule has 4 heteroatoms. The molecule has 1 amide bonds. The van der Waals surface area contributed by atoms with E-state index in [1.807, 2.05) is 20.8 Å². The Hall–Kier alpha value is -0.770. The summed E-state index contributed by atoms with van der Waals surface area (Å²) in [5.41, 5.74) is -0.529. The van der Waals surface area contributed by atoms with Crippen LogP contribution in [0.15, 0.2) is 0 Å². The lowest BCUT2D eigenvalue weighted by molar-refractivity contribution is 0.0503.